The zero-order valence-electron chi connectivity index (χ0n) is 9.27. The lowest BCUT2D eigenvalue weighted by atomic mass is 9.92. The fourth-order valence-corrected chi connectivity index (χ4v) is 1.99. The van der Waals surface area contributed by atoms with E-state index in [1.165, 1.54) is 0 Å². The third-order valence-electron chi connectivity index (χ3n) is 2.90. The minimum absolute atomic E-state index is 0.161. The van der Waals surface area contributed by atoms with Crippen LogP contribution in [0.15, 0.2) is 10.6 Å². The second-order valence-electron chi connectivity index (χ2n) is 4.26. The number of aliphatic hydroxyl groups is 1. The highest BCUT2D eigenvalue weighted by molar-refractivity contribution is 5.91. The lowest BCUT2D eigenvalue weighted by molar-refractivity contribution is 0.0692. The van der Waals surface area contributed by atoms with Crippen molar-refractivity contribution in [1.29, 1.82) is 0 Å². The molecule has 2 rings (SSSR count). The van der Waals surface area contributed by atoms with Crippen molar-refractivity contribution in [1.82, 2.24) is 10.5 Å². The van der Waals surface area contributed by atoms with Crippen LogP contribution in [0.5, 0.6) is 0 Å². The van der Waals surface area contributed by atoms with Gasteiger partial charge in [0.05, 0.1) is 17.8 Å². The van der Waals surface area contributed by atoms with E-state index in [1.54, 1.807) is 13.0 Å². The third-order valence-corrected chi connectivity index (χ3v) is 2.90. The number of carbonyl (C=O) groups is 1. The van der Waals surface area contributed by atoms with Crippen LogP contribution in [0, 0.1) is 6.92 Å². The van der Waals surface area contributed by atoms with Gasteiger partial charge in [-0.25, -0.2) is 0 Å². The zero-order chi connectivity index (χ0) is 11.5. The normalized spacial score (nSPS) is 25.4. The van der Waals surface area contributed by atoms with Crippen LogP contribution in [-0.2, 0) is 0 Å². The Morgan fingerprint density at radius 2 is 2.31 bits per heavy atom. The summed E-state index contributed by atoms with van der Waals surface area (Å²) in [5.74, 6) is -0.0955. The average Bonchev–Trinajstić information content (AvgIpc) is 2.68. The first-order valence-electron chi connectivity index (χ1n) is 5.59. The lowest BCUT2D eigenvalue weighted by Crippen LogP contribution is -2.44. The maximum absolute atomic E-state index is 11.7. The molecule has 16 heavy (non-hydrogen) atoms. The van der Waals surface area contributed by atoms with Gasteiger partial charge in [0.2, 0.25) is 5.76 Å². The molecule has 0 bridgehead atoms. The number of rotatable bonds is 2. The predicted octanol–water partition coefficient (Wildman–Crippen LogP) is 1.02. The Balaban J connectivity index is 1.96. The molecule has 1 aliphatic carbocycles. The highest BCUT2D eigenvalue weighted by Gasteiger charge is 2.25. The maximum Gasteiger partial charge on any atom is 0.290 e. The van der Waals surface area contributed by atoms with E-state index in [-0.39, 0.29) is 17.7 Å². The SMILES string of the molecule is Cc1cc(C(=O)N[C@@H]2CCCC[C@H]2O)on1. The van der Waals surface area contributed by atoms with Crippen molar-refractivity contribution in [2.24, 2.45) is 0 Å². The van der Waals surface area contributed by atoms with Gasteiger partial charge in [-0.3, -0.25) is 4.79 Å². The molecule has 0 spiro atoms. The highest BCUT2D eigenvalue weighted by Crippen LogP contribution is 2.18. The van der Waals surface area contributed by atoms with E-state index in [9.17, 15) is 9.90 Å². The minimum atomic E-state index is -0.443. The summed E-state index contributed by atoms with van der Waals surface area (Å²) in [6.45, 7) is 1.76. The summed E-state index contributed by atoms with van der Waals surface area (Å²) in [4.78, 5) is 11.7. The molecule has 0 aromatic carbocycles. The van der Waals surface area contributed by atoms with Gasteiger partial charge in [-0.1, -0.05) is 18.0 Å². The molecule has 0 unspecified atom stereocenters. The first-order valence-corrected chi connectivity index (χ1v) is 5.59. The van der Waals surface area contributed by atoms with Gasteiger partial charge < -0.3 is 14.9 Å². The van der Waals surface area contributed by atoms with Crippen LogP contribution in [0.4, 0.5) is 0 Å². The van der Waals surface area contributed by atoms with Crippen molar-refractivity contribution in [3.63, 3.8) is 0 Å². The summed E-state index contributed by atoms with van der Waals surface area (Å²) in [5.41, 5.74) is 0.675. The van der Waals surface area contributed by atoms with Gasteiger partial charge in [-0.05, 0) is 19.8 Å². The molecule has 5 heteroatoms. The molecule has 1 aliphatic rings. The van der Waals surface area contributed by atoms with Gasteiger partial charge in [-0.2, -0.15) is 0 Å². The van der Waals surface area contributed by atoms with Crippen LogP contribution in [0.1, 0.15) is 41.9 Å². The number of aliphatic hydroxyl groups excluding tert-OH is 1. The van der Waals surface area contributed by atoms with Crippen molar-refractivity contribution in [3.05, 3.63) is 17.5 Å². The van der Waals surface area contributed by atoms with E-state index >= 15 is 0 Å². The number of nitrogens with zero attached hydrogens (tertiary/aromatic N) is 1. The molecular formula is C11H16N2O3. The van der Waals surface area contributed by atoms with Gasteiger partial charge in [-0.15, -0.1) is 0 Å². The highest BCUT2D eigenvalue weighted by atomic mass is 16.5. The summed E-state index contributed by atoms with van der Waals surface area (Å²) < 4.78 is 4.86. The Hall–Kier alpha value is -1.36. The smallest absolute Gasteiger partial charge is 0.290 e. The summed E-state index contributed by atoms with van der Waals surface area (Å²) in [6.07, 6.45) is 3.19. The van der Waals surface area contributed by atoms with Crippen LogP contribution < -0.4 is 5.32 Å². The Morgan fingerprint density at radius 3 is 2.94 bits per heavy atom. The quantitative estimate of drug-likeness (QED) is 0.786. The molecule has 1 heterocycles. The van der Waals surface area contributed by atoms with Gasteiger partial charge in [0, 0.05) is 6.07 Å². The summed E-state index contributed by atoms with van der Waals surface area (Å²) in [5, 5.41) is 16.1. The molecule has 1 amide bonds. The molecule has 1 saturated carbocycles. The van der Waals surface area contributed by atoms with Gasteiger partial charge >= 0.3 is 0 Å². The zero-order valence-corrected chi connectivity index (χ0v) is 9.27. The van der Waals surface area contributed by atoms with E-state index in [4.69, 9.17) is 4.52 Å². The maximum atomic E-state index is 11.7. The molecule has 1 aromatic heterocycles. The molecule has 0 saturated heterocycles. The van der Waals surface area contributed by atoms with Crippen molar-refractivity contribution < 1.29 is 14.4 Å². The molecule has 5 nitrogen and oxygen atoms in total. The van der Waals surface area contributed by atoms with Crippen LogP contribution in [0.2, 0.25) is 0 Å². The molecule has 2 N–H and O–H groups in total. The van der Waals surface area contributed by atoms with E-state index in [0.29, 0.717) is 5.69 Å². The topological polar surface area (TPSA) is 75.4 Å². The summed E-state index contributed by atoms with van der Waals surface area (Å²) in [7, 11) is 0. The van der Waals surface area contributed by atoms with Gasteiger partial charge in [0.15, 0.2) is 0 Å². The van der Waals surface area contributed by atoms with Crippen molar-refractivity contribution in [2.45, 2.75) is 44.8 Å². The summed E-state index contributed by atoms with van der Waals surface area (Å²) >= 11 is 0. The number of hydrogen-bond donors (Lipinski definition) is 2. The first kappa shape index (κ1) is 11.1. The molecule has 1 fully saturated rings. The Morgan fingerprint density at radius 1 is 1.56 bits per heavy atom. The molecule has 0 aliphatic heterocycles. The number of hydrogen-bond acceptors (Lipinski definition) is 4. The van der Waals surface area contributed by atoms with Gasteiger partial charge in [0.1, 0.15) is 0 Å². The Labute approximate surface area is 93.8 Å². The third kappa shape index (κ3) is 2.41. The first-order chi connectivity index (χ1) is 7.66. The number of aryl methyl sites for hydroxylation is 1. The Kier molecular flexibility index (Phi) is 3.24. The molecule has 2 atom stereocenters. The second-order valence-corrected chi connectivity index (χ2v) is 4.26. The Bertz CT molecular complexity index is 375. The monoisotopic (exact) mass is 224 g/mol. The standard InChI is InChI=1S/C11H16N2O3/c1-7-6-10(16-13-7)11(15)12-8-4-2-3-5-9(8)14/h6,8-9,14H,2-5H2,1H3,(H,12,15)/t8-,9-/m1/s1. The molecule has 0 radical (unpaired) electrons. The van der Waals surface area contributed by atoms with Crippen LogP contribution >= 0.6 is 0 Å². The number of carbonyl (C=O) groups excluding carboxylic acids is 1. The van der Waals surface area contributed by atoms with Crippen LogP contribution in [0.3, 0.4) is 0 Å². The van der Waals surface area contributed by atoms with Crippen LogP contribution in [0.25, 0.3) is 0 Å². The largest absolute Gasteiger partial charge is 0.391 e. The second kappa shape index (κ2) is 4.65. The van der Waals surface area contributed by atoms with E-state index in [1.807, 2.05) is 0 Å². The molecule has 1 aromatic rings. The number of aromatic nitrogens is 1. The van der Waals surface area contributed by atoms with E-state index < -0.39 is 6.10 Å². The predicted molar refractivity (Wildman–Crippen MR) is 57.0 cm³/mol. The van der Waals surface area contributed by atoms with Crippen molar-refractivity contribution in [2.75, 3.05) is 0 Å². The minimum Gasteiger partial charge on any atom is -0.391 e. The lowest BCUT2D eigenvalue weighted by Gasteiger charge is -2.27. The number of amides is 1. The van der Waals surface area contributed by atoms with Crippen molar-refractivity contribution in [3.8, 4) is 0 Å². The van der Waals surface area contributed by atoms with Crippen molar-refractivity contribution >= 4 is 5.91 Å². The molecule has 88 valence electrons. The van der Waals surface area contributed by atoms with E-state index in [2.05, 4.69) is 10.5 Å². The number of nitrogens with one attached hydrogen (secondary N) is 1. The fraction of sp³-hybridized carbons (Fsp3) is 0.636. The molecular weight excluding hydrogens is 208 g/mol. The van der Waals surface area contributed by atoms with E-state index in [0.717, 1.165) is 25.7 Å². The average molecular weight is 224 g/mol. The fourth-order valence-electron chi connectivity index (χ4n) is 1.99. The summed E-state index contributed by atoms with van der Waals surface area (Å²) in [6, 6.07) is 1.43. The van der Waals surface area contributed by atoms with Crippen LogP contribution in [-0.4, -0.2) is 28.3 Å². The van der Waals surface area contributed by atoms with Gasteiger partial charge in [0.25, 0.3) is 5.91 Å².